The average molecular weight is 102 g/mol. The summed E-state index contributed by atoms with van der Waals surface area (Å²) in [6.07, 6.45) is 3.93. The van der Waals surface area contributed by atoms with Crippen molar-refractivity contribution >= 4 is 0 Å². The molecular formula is C6H16N+. The Kier molecular flexibility index (Phi) is 4.10. The van der Waals surface area contributed by atoms with Crippen LogP contribution in [-0.2, 0) is 0 Å². The monoisotopic (exact) mass is 102 g/mol. The first-order chi connectivity index (χ1) is 3.27. The summed E-state index contributed by atoms with van der Waals surface area (Å²) in [4.78, 5) is 0. The molecule has 0 saturated heterocycles. The van der Waals surface area contributed by atoms with Crippen molar-refractivity contribution in [2.75, 3.05) is 0 Å². The second-order valence-corrected chi connectivity index (χ2v) is 2.25. The standard InChI is InChI=1S/C6H15N/c1-3-4-5-6(2)7/h6H,3-5,7H2,1-2H3/p+1/t6-/m1/s1. The quantitative estimate of drug-likeness (QED) is 0.546. The summed E-state index contributed by atoms with van der Waals surface area (Å²) in [7, 11) is 0. The Bertz CT molecular complexity index is 33.2. The second kappa shape index (κ2) is 4.13. The maximum Gasteiger partial charge on any atom is 0.0815 e. The summed E-state index contributed by atoms with van der Waals surface area (Å²) in [5, 5.41) is 0. The van der Waals surface area contributed by atoms with E-state index in [4.69, 9.17) is 0 Å². The average Bonchev–Trinajstić information content (AvgIpc) is 1.61. The van der Waals surface area contributed by atoms with Crippen LogP contribution in [0.3, 0.4) is 0 Å². The van der Waals surface area contributed by atoms with Crippen LogP contribution < -0.4 is 5.73 Å². The van der Waals surface area contributed by atoms with Gasteiger partial charge in [0.05, 0.1) is 6.04 Å². The smallest absolute Gasteiger partial charge is 0.0815 e. The molecule has 0 aliphatic carbocycles. The molecule has 0 amide bonds. The Balaban J connectivity index is 2.68. The lowest BCUT2D eigenvalue weighted by Gasteiger charge is -1.96. The van der Waals surface area contributed by atoms with Gasteiger partial charge in [0.2, 0.25) is 0 Å². The Morgan fingerprint density at radius 2 is 2.14 bits per heavy atom. The molecule has 0 radical (unpaired) electrons. The summed E-state index contributed by atoms with van der Waals surface area (Å²) in [6.45, 7) is 4.37. The van der Waals surface area contributed by atoms with E-state index in [0.29, 0.717) is 6.04 Å². The van der Waals surface area contributed by atoms with E-state index < -0.39 is 0 Å². The van der Waals surface area contributed by atoms with Gasteiger partial charge in [-0.25, -0.2) is 0 Å². The van der Waals surface area contributed by atoms with Crippen molar-refractivity contribution in [2.45, 2.75) is 39.2 Å². The first-order valence-electron chi connectivity index (χ1n) is 3.10. The molecule has 0 aromatic heterocycles. The number of hydrogen-bond acceptors (Lipinski definition) is 0. The number of rotatable bonds is 3. The van der Waals surface area contributed by atoms with Gasteiger partial charge in [-0.1, -0.05) is 13.3 Å². The Morgan fingerprint density at radius 1 is 1.57 bits per heavy atom. The summed E-state index contributed by atoms with van der Waals surface area (Å²) in [5.41, 5.74) is 3.88. The summed E-state index contributed by atoms with van der Waals surface area (Å²) < 4.78 is 0. The number of unbranched alkanes of at least 4 members (excludes halogenated alkanes) is 1. The zero-order chi connectivity index (χ0) is 5.70. The predicted molar refractivity (Wildman–Crippen MR) is 31.9 cm³/mol. The Morgan fingerprint density at radius 3 is 2.29 bits per heavy atom. The van der Waals surface area contributed by atoms with E-state index >= 15 is 0 Å². The summed E-state index contributed by atoms with van der Waals surface area (Å²) >= 11 is 0. The van der Waals surface area contributed by atoms with Crippen molar-refractivity contribution in [1.29, 1.82) is 0 Å². The minimum absolute atomic E-state index is 0.653. The van der Waals surface area contributed by atoms with E-state index in [0.717, 1.165) is 0 Å². The molecule has 0 aromatic rings. The maximum atomic E-state index is 3.88. The molecule has 0 heterocycles. The zero-order valence-corrected chi connectivity index (χ0v) is 5.41. The van der Waals surface area contributed by atoms with Gasteiger partial charge in [-0.2, -0.15) is 0 Å². The topological polar surface area (TPSA) is 27.6 Å². The first kappa shape index (κ1) is 6.96. The number of hydrogen-bond donors (Lipinski definition) is 1. The van der Waals surface area contributed by atoms with Gasteiger partial charge >= 0.3 is 0 Å². The summed E-state index contributed by atoms with van der Waals surface area (Å²) in [6, 6.07) is 0.653. The molecule has 0 fully saturated rings. The molecule has 0 aromatic carbocycles. The van der Waals surface area contributed by atoms with Crippen molar-refractivity contribution in [3.05, 3.63) is 0 Å². The lowest BCUT2D eigenvalue weighted by Crippen LogP contribution is -2.58. The van der Waals surface area contributed by atoms with E-state index in [1.165, 1.54) is 19.3 Å². The van der Waals surface area contributed by atoms with E-state index in [9.17, 15) is 0 Å². The van der Waals surface area contributed by atoms with Crippen LogP contribution in [0, 0.1) is 0 Å². The molecule has 1 atom stereocenters. The molecule has 0 spiro atoms. The highest BCUT2D eigenvalue weighted by atomic mass is 14.6. The van der Waals surface area contributed by atoms with Crippen molar-refractivity contribution < 1.29 is 5.73 Å². The van der Waals surface area contributed by atoms with Gasteiger partial charge in [-0.3, -0.25) is 0 Å². The van der Waals surface area contributed by atoms with Gasteiger partial charge in [0, 0.05) is 0 Å². The zero-order valence-electron chi connectivity index (χ0n) is 5.41. The normalized spacial score (nSPS) is 14.1. The van der Waals surface area contributed by atoms with Crippen LogP contribution >= 0.6 is 0 Å². The van der Waals surface area contributed by atoms with Gasteiger partial charge in [-0.15, -0.1) is 0 Å². The predicted octanol–water partition coefficient (Wildman–Crippen LogP) is 0.807. The van der Waals surface area contributed by atoms with Crippen LogP contribution in [0.4, 0.5) is 0 Å². The van der Waals surface area contributed by atoms with E-state index in [-0.39, 0.29) is 0 Å². The molecule has 0 rings (SSSR count). The minimum Gasteiger partial charge on any atom is -0.355 e. The fraction of sp³-hybridized carbons (Fsp3) is 1.00. The molecule has 0 saturated carbocycles. The van der Waals surface area contributed by atoms with Crippen molar-refractivity contribution in [1.82, 2.24) is 0 Å². The lowest BCUT2D eigenvalue weighted by atomic mass is 10.2. The second-order valence-electron chi connectivity index (χ2n) is 2.25. The van der Waals surface area contributed by atoms with E-state index in [2.05, 4.69) is 19.6 Å². The summed E-state index contributed by atoms with van der Waals surface area (Å²) in [5.74, 6) is 0. The minimum atomic E-state index is 0.653. The highest BCUT2D eigenvalue weighted by Gasteiger charge is 1.92. The molecule has 1 nitrogen and oxygen atoms in total. The number of quaternary nitrogens is 1. The van der Waals surface area contributed by atoms with Gasteiger partial charge in [0.25, 0.3) is 0 Å². The van der Waals surface area contributed by atoms with Gasteiger partial charge in [-0.05, 0) is 19.8 Å². The fourth-order valence-electron chi connectivity index (χ4n) is 0.553. The highest BCUT2D eigenvalue weighted by molar-refractivity contribution is 4.42. The van der Waals surface area contributed by atoms with Crippen LogP contribution in [0.15, 0.2) is 0 Å². The van der Waals surface area contributed by atoms with Crippen molar-refractivity contribution in [3.8, 4) is 0 Å². The van der Waals surface area contributed by atoms with Crippen LogP contribution in [0.1, 0.15) is 33.1 Å². The maximum absolute atomic E-state index is 3.88. The molecule has 44 valence electrons. The lowest BCUT2D eigenvalue weighted by molar-refractivity contribution is -0.415. The first-order valence-corrected chi connectivity index (χ1v) is 3.10. The van der Waals surface area contributed by atoms with E-state index in [1.807, 2.05) is 0 Å². The van der Waals surface area contributed by atoms with Crippen molar-refractivity contribution in [2.24, 2.45) is 0 Å². The molecule has 1 heteroatoms. The molecule has 0 aliphatic heterocycles. The van der Waals surface area contributed by atoms with Gasteiger partial charge in [0.15, 0.2) is 0 Å². The molecule has 0 aliphatic rings. The molecular weight excluding hydrogens is 86.1 g/mol. The van der Waals surface area contributed by atoms with E-state index in [1.54, 1.807) is 0 Å². The Labute approximate surface area is 45.9 Å². The van der Waals surface area contributed by atoms with Gasteiger partial charge in [0.1, 0.15) is 0 Å². The third-order valence-electron chi connectivity index (χ3n) is 1.05. The van der Waals surface area contributed by atoms with Crippen molar-refractivity contribution in [3.63, 3.8) is 0 Å². The van der Waals surface area contributed by atoms with Crippen LogP contribution in [0.25, 0.3) is 0 Å². The highest BCUT2D eigenvalue weighted by Crippen LogP contribution is 1.93. The van der Waals surface area contributed by atoms with Crippen LogP contribution in [0.2, 0.25) is 0 Å². The van der Waals surface area contributed by atoms with Crippen LogP contribution in [-0.4, -0.2) is 6.04 Å². The molecule has 3 N–H and O–H groups in total. The molecule has 0 bridgehead atoms. The Hall–Kier alpha value is -0.0400. The fourth-order valence-corrected chi connectivity index (χ4v) is 0.553. The third kappa shape index (κ3) is 5.96. The van der Waals surface area contributed by atoms with Crippen LogP contribution in [0.5, 0.6) is 0 Å². The largest absolute Gasteiger partial charge is 0.355 e. The SMILES string of the molecule is CCCC[C@@H](C)[NH3+]. The third-order valence-corrected chi connectivity index (χ3v) is 1.05. The van der Waals surface area contributed by atoms with Gasteiger partial charge < -0.3 is 5.73 Å². The molecule has 0 unspecified atom stereocenters. The molecule has 7 heavy (non-hydrogen) atoms.